The summed E-state index contributed by atoms with van der Waals surface area (Å²) in [4.78, 5) is 0. The molecule has 1 N–H and O–H groups in total. The van der Waals surface area contributed by atoms with Gasteiger partial charge in [0.2, 0.25) is 0 Å². The van der Waals surface area contributed by atoms with Crippen LogP contribution >= 0.6 is 23.2 Å². The number of hydrogen-bond acceptors (Lipinski definition) is 2. The molecule has 0 amide bonds. The number of halogens is 5. The van der Waals surface area contributed by atoms with Gasteiger partial charge in [0.05, 0.1) is 16.7 Å². The van der Waals surface area contributed by atoms with Gasteiger partial charge in [-0.3, -0.25) is 0 Å². The van der Waals surface area contributed by atoms with Gasteiger partial charge in [-0.25, -0.2) is 0 Å². The van der Waals surface area contributed by atoms with Crippen LogP contribution in [0.15, 0.2) is 18.2 Å². The van der Waals surface area contributed by atoms with Crippen molar-refractivity contribution in [2.75, 3.05) is 19.8 Å². The Morgan fingerprint density at radius 1 is 1.29 bits per heavy atom. The van der Waals surface area contributed by atoms with Gasteiger partial charge in [0.25, 0.3) is 0 Å². The Morgan fingerprint density at radius 3 is 2.62 bits per heavy atom. The maximum atomic E-state index is 12.1. The molecular formula is C14H18Cl2F3NO. The largest absolute Gasteiger partial charge is 0.411 e. The van der Waals surface area contributed by atoms with E-state index in [1.807, 2.05) is 6.92 Å². The van der Waals surface area contributed by atoms with Crippen molar-refractivity contribution in [2.24, 2.45) is 0 Å². The van der Waals surface area contributed by atoms with Crippen molar-refractivity contribution in [3.8, 4) is 0 Å². The number of rotatable bonds is 8. The van der Waals surface area contributed by atoms with E-state index >= 15 is 0 Å². The summed E-state index contributed by atoms with van der Waals surface area (Å²) in [5.74, 6) is 0. The summed E-state index contributed by atoms with van der Waals surface area (Å²) in [5.41, 5.74) is 0.786. The first-order valence-electron chi connectivity index (χ1n) is 6.64. The standard InChI is InChI=1S/C14H18Cl2F3NO/c1-2-6-20-11(8-21-9-14(17,18)19)7-10-4-3-5-12(15)13(10)16/h3-5,11,20H,2,6-9H2,1H3. The highest BCUT2D eigenvalue weighted by Gasteiger charge is 2.28. The minimum absolute atomic E-state index is 0.0393. The SMILES string of the molecule is CCCNC(COCC(F)(F)F)Cc1cccc(Cl)c1Cl. The zero-order chi connectivity index (χ0) is 15.9. The molecule has 1 aromatic rings. The summed E-state index contributed by atoms with van der Waals surface area (Å²) in [6.07, 6.45) is -2.99. The van der Waals surface area contributed by atoms with E-state index in [2.05, 4.69) is 5.32 Å². The zero-order valence-electron chi connectivity index (χ0n) is 11.6. The summed E-state index contributed by atoms with van der Waals surface area (Å²) in [7, 11) is 0. The van der Waals surface area contributed by atoms with E-state index in [1.165, 1.54) is 0 Å². The van der Waals surface area contributed by atoms with Crippen molar-refractivity contribution in [3.05, 3.63) is 33.8 Å². The lowest BCUT2D eigenvalue weighted by Crippen LogP contribution is -2.37. The maximum Gasteiger partial charge on any atom is 0.411 e. The number of nitrogens with one attached hydrogen (secondary N) is 1. The second-order valence-corrected chi connectivity index (χ2v) is 5.48. The highest BCUT2D eigenvalue weighted by Crippen LogP contribution is 2.26. The van der Waals surface area contributed by atoms with Crippen molar-refractivity contribution in [1.82, 2.24) is 5.32 Å². The first-order valence-corrected chi connectivity index (χ1v) is 7.40. The van der Waals surface area contributed by atoms with Gasteiger partial charge in [-0.15, -0.1) is 0 Å². The molecule has 0 aliphatic rings. The Bertz CT molecular complexity index is 441. The van der Waals surface area contributed by atoms with E-state index in [4.69, 9.17) is 27.9 Å². The summed E-state index contributed by atoms with van der Waals surface area (Å²) in [6.45, 7) is 1.38. The lowest BCUT2D eigenvalue weighted by Gasteiger charge is -2.20. The fourth-order valence-corrected chi connectivity index (χ4v) is 2.22. The van der Waals surface area contributed by atoms with Crippen molar-refractivity contribution < 1.29 is 17.9 Å². The average molecular weight is 344 g/mol. The minimum atomic E-state index is -4.32. The van der Waals surface area contributed by atoms with Gasteiger partial charge >= 0.3 is 6.18 Å². The quantitative estimate of drug-likeness (QED) is 0.751. The first-order chi connectivity index (χ1) is 9.83. The molecule has 0 saturated carbocycles. The summed E-state index contributed by atoms with van der Waals surface area (Å²) in [6, 6.07) is 4.99. The van der Waals surface area contributed by atoms with Crippen molar-refractivity contribution >= 4 is 23.2 Å². The number of hydrogen-bond donors (Lipinski definition) is 1. The summed E-state index contributed by atoms with van der Waals surface area (Å²) >= 11 is 12.0. The first kappa shape index (κ1) is 18.6. The van der Waals surface area contributed by atoms with Crippen LogP contribution in [-0.2, 0) is 11.2 Å². The fourth-order valence-electron chi connectivity index (χ4n) is 1.83. The Balaban J connectivity index is 2.62. The predicted octanol–water partition coefficient (Wildman–Crippen LogP) is 4.48. The number of alkyl halides is 3. The summed E-state index contributed by atoms with van der Waals surface area (Å²) < 4.78 is 41.1. The zero-order valence-corrected chi connectivity index (χ0v) is 13.2. The molecular weight excluding hydrogens is 326 g/mol. The number of benzene rings is 1. The van der Waals surface area contributed by atoms with E-state index in [9.17, 15) is 13.2 Å². The fraction of sp³-hybridized carbons (Fsp3) is 0.571. The molecule has 1 rings (SSSR count). The van der Waals surface area contributed by atoms with Crippen LogP contribution in [0.4, 0.5) is 13.2 Å². The van der Waals surface area contributed by atoms with Crippen LogP contribution in [0, 0.1) is 0 Å². The molecule has 1 unspecified atom stereocenters. The van der Waals surface area contributed by atoms with Crippen LogP contribution in [0.3, 0.4) is 0 Å². The molecule has 1 atom stereocenters. The van der Waals surface area contributed by atoms with Crippen LogP contribution < -0.4 is 5.32 Å². The molecule has 0 aromatic heterocycles. The molecule has 0 aliphatic carbocycles. The van der Waals surface area contributed by atoms with E-state index in [0.717, 1.165) is 12.0 Å². The number of ether oxygens (including phenoxy) is 1. The van der Waals surface area contributed by atoms with Crippen LogP contribution in [0.1, 0.15) is 18.9 Å². The molecule has 0 spiro atoms. The molecule has 1 aromatic carbocycles. The van der Waals surface area contributed by atoms with Gasteiger partial charge < -0.3 is 10.1 Å². The third-order valence-corrected chi connectivity index (χ3v) is 3.62. The van der Waals surface area contributed by atoms with E-state index in [1.54, 1.807) is 18.2 Å². The van der Waals surface area contributed by atoms with Gasteiger partial charge in [0.15, 0.2) is 0 Å². The topological polar surface area (TPSA) is 21.3 Å². The van der Waals surface area contributed by atoms with E-state index in [0.29, 0.717) is 23.0 Å². The third-order valence-electron chi connectivity index (χ3n) is 2.77. The molecule has 0 fully saturated rings. The van der Waals surface area contributed by atoms with Crippen molar-refractivity contribution in [2.45, 2.75) is 32.0 Å². The molecule has 0 radical (unpaired) electrons. The Hall–Kier alpha value is -0.490. The highest BCUT2D eigenvalue weighted by molar-refractivity contribution is 6.42. The lowest BCUT2D eigenvalue weighted by molar-refractivity contribution is -0.175. The maximum absolute atomic E-state index is 12.1. The highest BCUT2D eigenvalue weighted by atomic mass is 35.5. The van der Waals surface area contributed by atoms with E-state index < -0.39 is 12.8 Å². The average Bonchev–Trinajstić information content (AvgIpc) is 2.39. The molecule has 0 heterocycles. The Labute approximate surface area is 132 Å². The van der Waals surface area contributed by atoms with Crippen LogP contribution in [0.25, 0.3) is 0 Å². The Kier molecular flexibility index (Phi) is 7.81. The van der Waals surface area contributed by atoms with Gasteiger partial charge in [0.1, 0.15) is 6.61 Å². The molecule has 0 saturated heterocycles. The predicted molar refractivity (Wildman–Crippen MR) is 79.1 cm³/mol. The van der Waals surface area contributed by atoms with Gasteiger partial charge in [0, 0.05) is 6.04 Å². The smallest absolute Gasteiger partial charge is 0.370 e. The van der Waals surface area contributed by atoms with Gasteiger partial charge in [-0.2, -0.15) is 13.2 Å². The normalized spacial score (nSPS) is 13.4. The second-order valence-electron chi connectivity index (χ2n) is 4.70. The lowest BCUT2D eigenvalue weighted by atomic mass is 10.1. The van der Waals surface area contributed by atoms with Gasteiger partial charge in [-0.05, 0) is 31.0 Å². The monoisotopic (exact) mass is 343 g/mol. The van der Waals surface area contributed by atoms with Gasteiger partial charge in [-0.1, -0.05) is 42.3 Å². The molecule has 120 valence electrons. The van der Waals surface area contributed by atoms with Crippen LogP contribution in [-0.4, -0.2) is 32.0 Å². The van der Waals surface area contributed by atoms with Crippen LogP contribution in [0.5, 0.6) is 0 Å². The second kappa shape index (κ2) is 8.83. The third kappa shape index (κ3) is 7.36. The Morgan fingerprint density at radius 2 is 2.00 bits per heavy atom. The minimum Gasteiger partial charge on any atom is -0.370 e. The van der Waals surface area contributed by atoms with E-state index in [-0.39, 0.29) is 12.6 Å². The molecule has 7 heteroatoms. The molecule has 0 bridgehead atoms. The molecule has 2 nitrogen and oxygen atoms in total. The van der Waals surface area contributed by atoms with Crippen LogP contribution in [0.2, 0.25) is 10.0 Å². The molecule has 0 aliphatic heterocycles. The van der Waals surface area contributed by atoms with Crippen molar-refractivity contribution in [3.63, 3.8) is 0 Å². The van der Waals surface area contributed by atoms with Crippen molar-refractivity contribution in [1.29, 1.82) is 0 Å². The molecule has 21 heavy (non-hydrogen) atoms. The summed E-state index contributed by atoms with van der Waals surface area (Å²) in [5, 5.41) is 4.02.